The summed E-state index contributed by atoms with van der Waals surface area (Å²) in [5, 5.41) is 14.0. The maximum atomic E-state index is 12.5. The normalized spacial score (nSPS) is 11.7. The number of benzene rings is 2. The minimum absolute atomic E-state index is 0.0956. The molecule has 1 N–H and O–H groups in total. The molecule has 5 nitrogen and oxygen atoms in total. The van der Waals surface area contributed by atoms with Gasteiger partial charge >= 0.3 is 12.3 Å². The summed E-state index contributed by atoms with van der Waals surface area (Å²) in [6, 6.07) is 8.70. The van der Waals surface area contributed by atoms with Gasteiger partial charge in [0.05, 0.1) is 12.1 Å². The number of ether oxygens (including phenoxy) is 1. The van der Waals surface area contributed by atoms with Crippen LogP contribution in [0.5, 0.6) is 5.75 Å². The molecule has 9 heteroatoms. The smallest absolute Gasteiger partial charge is 0.476 e. The summed E-state index contributed by atoms with van der Waals surface area (Å²) in [6.07, 6.45) is -4.85. The van der Waals surface area contributed by atoms with E-state index in [1.807, 2.05) is 13.0 Å². The van der Waals surface area contributed by atoms with E-state index in [-0.39, 0.29) is 23.1 Å². The fraction of sp³-hybridized carbons (Fsp3) is 0.176. The number of fused-ring (bicyclic) bond motifs is 1. The highest BCUT2D eigenvalue weighted by atomic mass is 35.5. The molecule has 0 saturated heterocycles. The molecule has 0 amide bonds. The van der Waals surface area contributed by atoms with E-state index in [1.54, 1.807) is 12.1 Å². The fourth-order valence-corrected chi connectivity index (χ4v) is 2.87. The first-order valence-corrected chi connectivity index (χ1v) is 7.76. The van der Waals surface area contributed by atoms with Gasteiger partial charge in [-0.2, -0.15) is 5.10 Å². The number of carbonyl (C=O) groups is 1. The minimum Gasteiger partial charge on any atom is -0.476 e. The number of carboxylic acid groups (broad SMARTS) is 1. The van der Waals surface area contributed by atoms with Gasteiger partial charge in [0.25, 0.3) is 0 Å². The second-order valence-electron chi connectivity index (χ2n) is 5.63. The van der Waals surface area contributed by atoms with Gasteiger partial charge in [0.2, 0.25) is 0 Å². The van der Waals surface area contributed by atoms with Crippen molar-refractivity contribution in [3.63, 3.8) is 0 Å². The van der Waals surface area contributed by atoms with Crippen molar-refractivity contribution in [2.24, 2.45) is 0 Å². The Morgan fingerprint density at radius 3 is 2.62 bits per heavy atom. The molecule has 136 valence electrons. The van der Waals surface area contributed by atoms with Gasteiger partial charge in [0, 0.05) is 16.5 Å². The molecule has 0 atom stereocenters. The molecule has 3 aromatic rings. The number of aryl methyl sites for hydroxylation is 1. The SMILES string of the molecule is Cc1ccc(Cn2nc(C(=O)O)c3ccc(OC(F)(F)F)cc32)c(Cl)c1. The maximum Gasteiger partial charge on any atom is 0.573 e. The van der Waals surface area contributed by atoms with Crippen LogP contribution in [0.25, 0.3) is 10.9 Å². The van der Waals surface area contributed by atoms with Crippen LogP contribution >= 0.6 is 11.6 Å². The Hall–Kier alpha value is -2.74. The largest absolute Gasteiger partial charge is 0.573 e. The highest BCUT2D eigenvalue weighted by Crippen LogP contribution is 2.29. The predicted molar refractivity (Wildman–Crippen MR) is 88.7 cm³/mol. The van der Waals surface area contributed by atoms with Crippen LogP contribution in [0.3, 0.4) is 0 Å². The zero-order valence-electron chi connectivity index (χ0n) is 13.3. The van der Waals surface area contributed by atoms with Crippen molar-refractivity contribution in [3.8, 4) is 5.75 Å². The first-order chi connectivity index (χ1) is 12.1. The average Bonchev–Trinajstić information content (AvgIpc) is 2.87. The molecule has 0 fully saturated rings. The Labute approximate surface area is 150 Å². The number of carboxylic acids is 1. The third-order valence-electron chi connectivity index (χ3n) is 3.69. The zero-order chi connectivity index (χ0) is 19.1. The number of aromatic nitrogens is 2. The molecular weight excluding hydrogens is 373 g/mol. The lowest BCUT2D eigenvalue weighted by molar-refractivity contribution is -0.274. The number of hydrogen-bond donors (Lipinski definition) is 1. The molecule has 1 heterocycles. The first kappa shape index (κ1) is 18.1. The van der Waals surface area contributed by atoms with Gasteiger partial charge in [0.1, 0.15) is 5.75 Å². The summed E-state index contributed by atoms with van der Waals surface area (Å²) in [5.41, 5.74) is 1.53. The highest BCUT2D eigenvalue weighted by Gasteiger charge is 2.31. The van der Waals surface area contributed by atoms with Crippen LogP contribution in [-0.4, -0.2) is 27.2 Å². The first-order valence-electron chi connectivity index (χ1n) is 7.38. The van der Waals surface area contributed by atoms with Crippen molar-refractivity contribution < 1.29 is 27.8 Å². The van der Waals surface area contributed by atoms with E-state index in [0.29, 0.717) is 10.6 Å². The Kier molecular flexibility index (Phi) is 4.53. The van der Waals surface area contributed by atoms with Crippen LogP contribution in [-0.2, 0) is 6.54 Å². The molecule has 0 aliphatic heterocycles. The van der Waals surface area contributed by atoms with Gasteiger partial charge < -0.3 is 9.84 Å². The lowest BCUT2D eigenvalue weighted by Crippen LogP contribution is -2.17. The molecule has 3 rings (SSSR count). The number of halogens is 4. The zero-order valence-corrected chi connectivity index (χ0v) is 14.1. The average molecular weight is 385 g/mol. The molecule has 0 bridgehead atoms. The van der Waals surface area contributed by atoms with Crippen LogP contribution in [0.1, 0.15) is 21.6 Å². The molecule has 0 aliphatic rings. The monoisotopic (exact) mass is 384 g/mol. The lowest BCUT2D eigenvalue weighted by Gasteiger charge is -2.10. The third-order valence-corrected chi connectivity index (χ3v) is 4.04. The van der Waals surface area contributed by atoms with E-state index in [1.165, 1.54) is 10.7 Å². The lowest BCUT2D eigenvalue weighted by atomic mass is 10.1. The number of aromatic carboxylic acids is 1. The van der Waals surface area contributed by atoms with Gasteiger partial charge in [-0.05, 0) is 36.2 Å². The van der Waals surface area contributed by atoms with Gasteiger partial charge in [0.15, 0.2) is 5.69 Å². The van der Waals surface area contributed by atoms with Crippen molar-refractivity contribution in [2.45, 2.75) is 19.8 Å². The summed E-state index contributed by atoms with van der Waals surface area (Å²) in [5.74, 6) is -1.74. The second-order valence-corrected chi connectivity index (χ2v) is 6.04. The number of alkyl halides is 3. The Bertz CT molecular complexity index is 999. The van der Waals surface area contributed by atoms with E-state index in [0.717, 1.165) is 17.7 Å². The summed E-state index contributed by atoms with van der Waals surface area (Å²) in [7, 11) is 0. The number of hydrogen-bond acceptors (Lipinski definition) is 3. The summed E-state index contributed by atoms with van der Waals surface area (Å²) in [4.78, 5) is 11.4. The van der Waals surface area contributed by atoms with Gasteiger partial charge in [-0.1, -0.05) is 23.7 Å². The van der Waals surface area contributed by atoms with Crippen molar-refractivity contribution in [2.75, 3.05) is 0 Å². The summed E-state index contributed by atoms with van der Waals surface area (Å²) >= 11 is 6.19. The van der Waals surface area contributed by atoms with Crippen LogP contribution in [0, 0.1) is 6.92 Å². The third kappa shape index (κ3) is 3.75. The summed E-state index contributed by atoms with van der Waals surface area (Å²) < 4.78 is 42.6. The second kappa shape index (κ2) is 6.53. The molecule has 2 aromatic carbocycles. The van der Waals surface area contributed by atoms with Crippen LogP contribution in [0.2, 0.25) is 5.02 Å². The van der Waals surface area contributed by atoms with Crippen LogP contribution < -0.4 is 4.74 Å². The molecule has 0 unspecified atom stereocenters. The maximum absolute atomic E-state index is 12.5. The molecular formula is C17H12ClF3N2O3. The van der Waals surface area contributed by atoms with Crippen LogP contribution in [0.15, 0.2) is 36.4 Å². The van der Waals surface area contributed by atoms with Crippen molar-refractivity contribution in [1.82, 2.24) is 9.78 Å². The van der Waals surface area contributed by atoms with E-state index < -0.39 is 18.1 Å². The minimum atomic E-state index is -4.85. The van der Waals surface area contributed by atoms with Gasteiger partial charge in [-0.3, -0.25) is 4.68 Å². The number of nitrogens with zero attached hydrogens (tertiary/aromatic N) is 2. The topological polar surface area (TPSA) is 64.4 Å². The predicted octanol–water partition coefficient (Wildman–Crippen LogP) is 4.64. The van der Waals surface area contributed by atoms with Gasteiger partial charge in [-0.25, -0.2) is 4.79 Å². The Morgan fingerprint density at radius 2 is 2.00 bits per heavy atom. The van der Waals surface area contributed by atoms with Crippen molar-refractivity contribution >= 4 is 28.5 Å². The Morgan fingerprint density at radius 1 is 1.27 bits per heavy atom. The number of rotatable bonds is 4. The molecule has 0 saturated carbocycles. The fourth-order valence-electron chi connectivity index (χ4n) is 2.57. The van der Waals surface area contributed by atoms with Crippen molar-refractivity contribution in [1.29, 1.82) is 0 Å². The van der Waals surface area contributed by atoms with Crippen molar-refractivity contribution in [3.05, 3.63) is 58.2 Å². The highest BCUT2D eigenvalue weighted by molar-refractivity contribution is 6.31. The van der Waals surface area contributed by atoms with E-state index in [4.69, 9.17) is 11.6 Å². The van der Waals surface area contributed by atoms with Crippen LogP contribution in [0.4, 0.5) is 13.2 Å². The van der Waals surface area contributed by atoms with E-state index >= 15 is 0 Å². The summed E-state index contributed by atoms with van der Waals surface area (Å²) in [6.45, 7) is 1.96. The Balaban J connectivity index is 2.10. The molecule has 26 heavy (non-hydrogen) atoms. The quantitative estimate of drug-likeness (QED) is 0.711. The molecule has 0 radical (unpaired) electrons. The van der Waals surface area contributed by atoms with E-state index in [2.05, 4.69) is 9.84 Å². The standard InChI is InChI=1S/C17H12ClF3N2O3/c1-9-2-3-10(13(18)6-9)8-23-14-7-11(26-17(19,20)21)4-5-12(14)15(22-23)16(24)25/h2-7H,8H2,1H3,(H,24,25). The molecule has 0 aliphatic carbocycles. The molecule has 1 aromatic heterocycles. The molecule has 0 spiro atoms. The van der Waals surface area contributed by atoms with Gasteiger partial charge in [-0.15, -0.1) is 13.2 Å². The van der Waals surface area contributed by atoms with E-state index in [9.17, 15) is 23.1 Å².